The Kier molecular flexibility index (Phi) is 7.01. The molecule has 1 aliphatic rings. The molecule has 0 atom stereocenters. The first-order chi connectivity index (χ1) is 15.6. The molecule has 8 nitrogen and oxygen atoms in total. The number of aryl methyl sites for hydroxylation is 1. The summed E-state index contributed by atoms with van der Waals surface area (Å²) in [5.41, 5.74) is 1.56. The number of carbonyl (C=O) groups is 1. The molecule has 0 unspecified atom stereocenters. The maximum atomic E-state index is 12.7. The van der Waals surface area contributed by atoms with Crippen molar-refractivity contribution in [3.8, 4) is 0 Å². The van der Waals surface area contributed by atoms with Crippen molar-refractivity contribution in [1.82, 2.24) is 19.9 Å². The van der Waals surface area contributed by atoms with Gasteiger partial charge in [0.1, 0.15) is 11.6 Å². The number of anilines is 3. The number of benzene rings is 1. The molecule has 3 aromatic rings. The Labute approximate surface area is 187 Å². The molecule has 0 amide bonds. The third kappa shape index (κ3) is 5.45. The van der Waals surface area contributed by atoms with Gasteiger partial charge < -0.3 is 15.3 Å². The number of aromatic nitrogens is 4. The number of nitrogens with zero attached hydrogens (tertiary/aromatic N) is 5. The number of pyridine rings is 1. The van der Waals surface area contributed by atoms with Crippen LogP contribution in [0.4, 0.5) is 17.7 Å². The van der Waals surface area contributed by atoms with Gasteiger partial charge >= 0.3 is 0 Å². The van der Waals surface area contributed by atoms with Gasteiger partial charge in [0.2, 0.25) is 11.9 Å². The van der Waals surface area contributed by atoms with E-state index in [0.29, 0.717) is 47.9 Å². The predicted octanol–water partition coefficient (Wildman–Crippen LogP) is 3.21. The summed E-state index contributed by atoms with van der Waals surface area (Å²) >= 11 is 0. The zero-order valence-corrected chi connectivity index (χ0v) is 18.2. The van der Waals surface area contributed by atoms with Crippen LogP contribution in [0.1, 0.15) is 41.5 Å². The van der Waals surface area contributed by atoms with Crippen LogP contribution >= 0.6 is 0 Å². The molecule has 0 spiro atoms. The molecule has 1 saturated heterocycles. The smallest absolute Gasteiger partial charge is 0.233 e. The van der Waals surface area contributed by atoms with Crippen LogP contribution in [0.3, 0.4) is 0 Å². The van der Waals surface area contributed by atoms with Gasteiger partial charge in [-0.15, -0.1) is 0 Å². The molecule has 166 valence electrons. The molecule has 0 aliphatic carbocycles. The highest BCUT2D eigenvalue weighted by Crippen LogP contribution is 2.22. The number of piperidine rings is 1. The lowest BCUT2D eigenvalue weighted by atomic mass is 9.98. The summed E-state index contributed by atoms with van der Waals surface area (Å²) in [6.45, 7) is 3.84. The van der Waals surface area contributed by atoms with Crippen LogP contribution in [0.15, 0.2) is 48.7 Å². The lowest BCUT2D eigenvalue weighted by molar-refractivity contribution is 0.0993. The fourth-order valence-corrected chi connectivity index (χ4v) is 3.75. The first-order valence-corrected chi connectivity index (χ1v) is 11.1. The minimum Gasteiger partial charge on any atom is -0.396 e. The summed E-state index contributed by atoms with van der Waals surface area (Å²) in [5.74, 6) is 2.62. The van der Waals surface area contributed by atoms with Crippen LogP contribution in [0.25, 0.3) is 0 Å². The summed E-state index contributed by atoms with van der Waals surface area (Å²) < 4.78 is 0. The van der Waals surface area contributed by atoms with E-state index in [0.717, 1.165) is 31.5 Å². The topological polar surface area (TPSA) is 104 Å². The van der Waals surface area contributed by atoms with Crippen LogP contribution in [-0.4, -0.2) is 50.5 Å². The Bertz CT molecular complexity index is 1050. The van der Waals surface area contributed by atoms with Crippen molar-refractivity contribution >= 4 is 23.5 Å². The van der Waals surface area contributed by atoms with Gasteiger partial charge in [-0.2, -0.15) is 15.0 Å². The predicted molar refractivity (Wildman–Crippen MR) is 123 cm³/mol. The standard InChI is InChI=1S/C24H28N6O2/c1-2-21-26-23(29-24(28-21)30-12-9-18(16-31)10-13-30)27-22-15-19(8-11-25-22)20(32)14-17-6-4-3-5-7-17/h3-8,11,15,18,31H,2,9-10,12-14,16H2,1H3,(H,25,26,27,28,29). The van der Waals surface area contributed by atoms with Gasteiger partial charge in [-0.3, -0.25) is 4.79 Å². The van der Waals surface area contributed by atoms with Gasteiger partial charge in [0.05, 0.1) is 0 Å². The van der Waals surface area contributed by atoms with E-state index in [4.69, 9.17) is 0 Å². The molecule has 2 N–H and O–H groups in total. The number of aliphatic hydroxyl groups is 1. The van der Waals surface area contributed by atoms with Crippen molar-refractivity contribution in [1.29, 1.82) is 0 Å². The van der Waals surface area contributed by atoms with Crippen LogP contribution < -0.4 is 10.2 Å². The van der Waals surface area contributed by atoms with Crippen LogP contribution in [0.2, 0.25) is 0 Å². The summed E-state index contributed by atoms with van der Waals surface area (Å²) in [4.78, 5) is 32.9. The minimum atomic E-state index is 0.0268. The Balaban J connectivity index is 1.50. The Morgan fingerprint density at radius 1 is 1.12 bits per heavy atom. The average Bonchev–Trinajstić information content (AvgIpc) is 2.84. The summed E-state index contributed by atoms with van der Waals surface area (Å²) in [6, 6.07) is 13.1. The monoisotopic (exact) mass is 432 g/mol. The minimum absolute atomic E-state index is 0.0268. The largest absolute Gasteiger partial charge is 0.396 e. The van der Waals surface area contributed by atoms with Crippen LogP contribution in [0.5, 0.6) is 0 Å². The summed E-state index contributed by atoms with van der Waals surface area (Å²) in [5, 5.41) is 12.5. The van der Waals surface area contributed by atoms with E-state index in [-0.39, 0.29) is 12.4 Å². The molecular weight excluding hydrogens is 404 g/mol. The van der Waals surface area contributed by atoms with E-state index in [9.17, 15) is 9.90 Å². The summed E-state index contributed by atoms with van der Waals surface area (Å²) in [7, 11) is 0. The van der Waals surface area contributed by atoms with Crippen LogP contribution in [0, 0.1) is 5.92 Å². The highest BCUT2D eigenvalue weighted by atomic mass is 16.3. The second kappa shape index (κ2) is 10.3. The molecule has 0 radical (unpaired) electrons. The third-order valence-electron chi connectivity index (χ3n) is 5.67. The van der Waals surface area contributed by atoms with Crippen molar-refractivity contribution in [3.05, 3.63) is 65.6 Å². The maximum Gasteiger partial charge on any atom is 0.233 e. The number of rotatable bonds is 8. The average molecular weight is 433 g/mol. The molecule has 4 rings (SSSR count). The highest BCUT2D eigenvalue weighted by molar-refractivity contribution is 5.98. The summed E-state index contributed by atoms with van der Waals surface area (Å²) in [6.07, 6.45) is 4.46. The van der Waals surface area contributed by atoms with Crippen molar-refractivity contribution in [2.45, 2.75) is 32.6 Å². The molecule has 0 bridgehead atoms. The quantitative estimate of drug-likeness (QED) is 0.523. The number of nitrogens with one attached hydrogen (secondary N) is 1. The Hall–Kier alpha value is -3.39. The van der Waals surface area contributed by atoms with E-state index in [1.54, 1.807) is 18.3 Å². The third-order valence-corrected chi connectivity index (χ3v) is 5.67. The number of Topliss-reactive ketones (excluding diaryl/α,β-unsaturated/α-hetero) is 1. The lowest BCUT2D eigenvalue weighted by Crippen LogP contribution is -2.36. The van der Waals surface area contributed by atoms with Crippen LogP contribution in [-0.2, 0) is 12.8 Å². The molecule has 32 heavy (non-hydrogen) atoms. The number of hydrogen-bond acceptors (Lipinski definition) is 8. The van der Waals surface area contributed by atoms with Crippen molar-refractivity contribution in [2.24, 2.45) is 5.92 Å². The highest BCUT2D eigenvalue weighted by Gasteiger charge is 2.21. The van der Waals surface area contributed by atoms with Gasteiger partial charge in [0.25, 0.3) is 0 Å². The number of aliphatic hydroxyl groups excluding tert-OH is 1. The van der Waals surface area contributed by atoms with Crippen molar-refractivity contribution in [3.63, 3.8) is 0 Å². The van der Waals surface area contributed by atoms with Gasteiger partial charge in [-0.25, -0.2) is 4.98 Å². The van der Waals surface area contributed by atoms with Crippen molar-refractivity contribution in [2.75, 3.05) is 29.9 Å². The zero-order chi connectivity index (χ0) is 22.3. The molecule has 2 aromatic heterocycles. The van der Waals surface area contributed by atoms with Gasteiger partial charge in [0.15, 0.2) is 5.78 Å². The Morgan fingerprint density at radius 3 is 2.62 bits per heavy atom. The molecule has 8 heteroatoms. The van der Waals surface area contributed by atoms with E-state index in [2.05, 4.69) is 30.2 Å². The first-order valence-electron chi connectivity index (χ1n) is 11.1. The van der Waals surface area contributed by atoms with Gasteiger partial charge in [-0.1, -0.05) is 37.3 Å². The van der Waals surface area contributed by atoms with Crippen molar-refractivity contribution < 1.29 is 9.90 Å². The van der Waals surface area contributed by atoms with Gasteiger partial charge in [0, 0.05) is 44.3 Å². The van der Waals surface area contributed by atoms with Gasteiger partial charge in [-0.05, 0) is 36.5 Å². The van der Waals surface area contributed by atoms with E-state index < -0.39 is 0 Å². The first kappa shape index (κ1) is 21.8. The molecule has 1 aliphatic heterocycles. The van der Waals surface area contributed by atoms with E-state index in [1.807, 2.05) is 37.3 Å². The second-order valence-corrected chi connectivity index (χ2v) is 7.98. The molecular formula is C24H28N6O2. The Morgan fingerprint density at radius 2 is 1.91 bits per heavy atom. The fourth-order valence-electron chi connectivity index (χ4n) is 3.75. The van der Waals surface area contributed by atoms with E-state index in [1.165, 1.54) is 0 Å². The maximum absolute atomic E-state index is 12.7. The number of ketones is 1. The fraction of sp³-hybridized carbons (Fsp3) is 0.375. The molecule has 1 fully saturated rings. The second-order valence-electron chi connectivity index (χ2n) is 7.98. The normalized spacial score (nSPS) is 14.4. The SMILES string of the molecule is CCc1nc(Nc2cc(C(=O)Cc3ccccc3)ccn2)nc(N2CCC(CO)CC2)n1. The molecule has 0 saturated carbocycles. The lowest BCUT2D eigenvalue weighted by Gasteiger charge is -2.31. The number of hydrogen-bond donors (Lipinski definition) is 2. The number of carbonyl (C=O) groups excluding carboxylic acids is 1. The zero-order valence-electron chi connectivity index (χ0n) is 18.2. The van der Waals surface area contributed by atoms with E-state index >= 15 is 0 Å². The molecule has 1 aromatic carbocycles. The molecule has 3 heterocycles.